The lowest BCUT2D eigenvalue weighted by atomic mass is 10.2. The minimum atomic E-state index is 0.0521. The number of hydrogen-bond donors (Lipinski definition) is 1. The summed E-state index contributed by atoms with van der Waals surface area (Å²) in [7, 11) is 0. The van der Waals surface area contributed by atoms with Gasteiger partial charge in [-0.1, -0.05) is 20.8 Å². The fourth-order valence-corrected chi connectivity index (χ4v) is 3.05. The van der Waals surface area contributed by atoms with Crippen LogP contribution in [0.2, 0.25) is 0 Å². The predicted octanol–water partition coefficient (Wildman–Crippen LogP) is 2.12. The molecule has 1 aliphatic heterocycles. The summed E-state index contributed by atoms with van der Waals surface area (Å²) >= 11 is 1.95. The maximum atomic E-state index is 12.2. The molecule has 0 aromatic heterocycles. The van der Waals surface area contributed by atoms with Crippen molar-refractivity contribution in [1.82, 2.24) is 10.2 Å². The average Bonchev–Trinajstić information content (AvgIpc) is 2.60. The third-order valence-electron chi connectivity index (χ3n) is 3.19. The zero-order chi connectivity index (χ0) is 12.8. The van der Waals surface area contributed by atoms with Crippen LogP contribution in [0.25, 0.3) is 0 Å². The number of nitrogens with one attached hydrogen (secondary N) is 1. The molecule has 2 atom stereocenters. The molecule has 0 aromatic carbocycles. The molecule has 1 amide bonds. The number of hydrogen-bond acceptors (Lipinski definition) is 3. The normalized spacial score (nSPS) is 22.5. The minimum absolute atomic E-state index is 0.0521. The van der Waals surface area contributed by atoms with Gasteiger partial charge in [0.05, 0.1) is 6.04 Å². The molecule has 0 aromatic rings. The summed E-state index contributed by atoms with van der Waals surface area (Å²) in [5.74, 6) is 2.62. The minimum Gasteiger partial charge on any atom is -0.339 e. The Bertz CT molecular complexity index is 246. The first kappa shape index (κ1) is 14.8. The molecule has 2 unspecified atom stereocenters. The zero-order valence-corrected chi connectivity index (χ0v) is 12.3. The third-order valence-corrected chi connectivity index (χ3v) is 4.12. The highest BCUT2D eigenvalue weighted by molar-refractivity contribution is 7.99. The molecule has 17 heavy (non-hydrogen) atoms. The molecular weight excluding hydrogens is 232 g/mol. The molecule has 0 spiro atoms. The van der Waals surface area contributed by atoms with Crippen LogP contribution in [0, 0.1) is 0 Å². The van der Waals surface area contributed by atoms with Crippen LogP contribution in [-0.2, 0) is 4.79 Å². The molecule has 1 rings (SSSR count). The first-order valence-electron chi connectivity index (χ1n) is 6.70. The van der Waals surface area contributed by atoms with Crippen LogP contribution >= 0.6 is 11.8 Å². The van der Waals surface area contributed by atoms with Crippen molar-refractivity contribution in [2.75, 3.05) is 18.1 Å². The van der Waals surface area contributed by atoms with Crippen LogP contribution in [0.5, 0.6) is 0 Å². The Morgan fingerprint density at radius 1 is 1.47 bits per heavy atom. The van der Waals surface area contributed by atoms with Crippen molar-refractivity contribution in [3.63, 3.8) is 0 Å². The number of thioether (sulfide) groups is 1. The second kappa shape index (κ2) is 7.27. The monoisotopic (exact) mass is 258 g/mol. The largest absolute Gasteiger partial charge is 0.339 e. The van der Waals surface area contributed by atoms with Crippen LogP contribution < -0.4 is 5.32 Å². The van der Waals surface area contributed by atoms with Crippen molar-refractivity contribution in [3.8, 4) is 0 Å². The van der Waals surface area contributed by atoms with Crippen molar-refractivity contribution < 1.29 is 4.79 Å². The summed E-state index contributed by atoms with van der Waals surface area (Å²) in [5, 5.41) is 3.35. The van der Waals surface area contributed by atoms with E-state index in [4.69, 9.17) is 0 Å². The fourth-order valence-electron chi connectivity index (χ4n) is 2.25. The number of amides is 1. The van der Waals surface area contributed by atoms with Crippen molar-refractivity contribution >= 4 is 17.7 Å². The van der Waals surface area contributed by atoms with Crippen molar-refractivity contribution in [2.45, 2.75) is 58.7 Å². The second-order valence-electron chi connectivity index (χ2n) is 5.03. The number of carbonyl (C=O) groups is 1. The number of carbonyl (C=O) groups excluding carboxylic acids is 1. The van der Waals surface area contributed by atoms with Gasteiger partial charge in [-0.2, -0.15) is 11.8 Å². The van der Waals surface area contributed by atoms with E-state index in [9.17, 15) is 4.79 Å². The maximum Gasteiger partial charge on any atom is 0.240 e. The van der Waals surface area contributed by atoms with E-state index in [0.29, 0.717) is 18.0 Å². The van der Waals surface area contributed by atoms with Gasteiger partial charge in [-0.05, 0) is 31.3 Å². The van der Waals surface area contributed by atoms with E-state index in [-0.39, 0.29) is 6.04 Å². The molecule has 1 saturated heterocycles. The molecule has 0 radical (unpaired) electrons. The Balaban J connectivity index is 2.37. The lowest BCUT2D eigenvalue weighted by Gasteiger charge is -2.25. The summed E-state index contributed by atoms with van der Waals surface area (Å²) in [6.45, 7) is 9.46. The van der Waals surface area contributed by atoms with E-state index in [2.05, 4.69) is 37.9 Å². The summed E-state index contributed by atoms with van der Waals surface area (Å²) in [4.78, 5) is 14.2. The van der Waals surface area contributed by atoms with E-state index in [1.807, 2.05) is 11.8 Å². The van der Waals surface area contributed by atoms with E-state index in [1.54, 1.807) is 0 Å². The van der Waals surface area contributed by atoms with Gasteiger partial charge in [-0.3, -0.25) is 4.79 Å². The van der Waals surface area contributed by atoms with E-state index < -0.39 is 0 Å². The van der Waals surface area contributed by atoms with Gasteiger partial charge in [0.2, 0.25) is 5.91 Å². The molecule has 1 fully saturated rings. The first-order chi connectivity index (χ1) is 8.06. The van der Waals surface area contributed by atoms with Crippen LogP contribution in [0.4, 0.5) is 0 Å². The first-order valence-corrected chi connectivity index (χ1v) is 7.86. The number of nitrogens with zero attached hydrogens (tertiary/aromatic N) is 1. The molecule has 1 aliphatic rings. The van der Waals surface area contributed by atoms with Crippen LogP contribution in [0.1, 0.15) is 40.5 Å². The molecule has 0 saturated carbocycles. The highest BCUT2D eigenvalue weighted by Crippen LogP contribution is 2.18. The Morgan fingerprint density at radius 3 is 2.76 bits per heavy atom. The molecule has 0 bridgehead atoms. The van der Waals surface area contributed by atoms with Gasteiger partial charge in [0.1, 0.15) is 0 Å². The maximum absolute atomic E-state index is 12.2. The number of rotatable bonds is 7. The SMILES string of the molecule is CCSCCC(C)N1CCC(NC(C)C)C1=O. The van der Waals surface area contributed by atoms with Crippen molar-refractivity contribution in [2.24, 2.45) is 0 Å². The van der Waals surface area contributed by atoms with Gasteiger partial charge in [0.15, 0.2) is 0 Å². The highest BCUT2D eigenvalue weighted by atomic mass is 32.2. The topological polar surface area (TPSA) is 32.3 Å². The predicted molar refractivity (Wildman–Crippen MR) is 75.5 cm³/mol. The summed E-state index contributed by atoms with van der Waals surface area (Å²) in [5.41, 5.74) is 0. The van der Waals surface area contributed by atoms with E-state index >= 15 is 0 Å². The van der Waals surface area contributed by atoms with Crippen LogP contribution in [0.15, 0.2) is 0 Å². The summed E-state index contributed by atoms with van der Waals surface area (Å²) < 4.78 is 0. The molecule has 1 N–H and O–H groups in total. The van der Waals surface area contributed by atoms with E-state index in [1.165, 1.54) is 0 Å². The summed E-state index contributed by atoms with van der Waals surface area (Å²) in [6.07, 6.45) is 2.07. The van der Waals surface area contributed by atoms with Gasteiger partial charge in [0.25, 0.3) is 0 Å². The molecule has 100 valence electrons. The molecule has 0 aliphatic carbocycles. The molecule has 3 nitrogen and oxygen atoms in total. The average molecular weight is 258 g/mol. The third kappa shape index (κ3) is 4.51. The lowest BCUT2D eigenvalue weighted by Crippen LogP contribution is -2.44. The van der Waals surface area contributed by atoms with Crippen molar-refractivity contribution in [1.29, 1.82) is 0 Å². The quantitative estimate of drug-likeness (QED) is 0.710. The van der Waals surface area contributed by atoms with Gasteiger partial charge in [0, 0.05) is 18.6 Å². The smallest absolute Gasteiger partial charge is 0.240 e. The fraction of sp³-hybridized carbons (Fsp3) is 0.923. The highest BCUT2D eigenvalue weighted by Gasteiger charge is 2.33. The Labute approximate surface area is 110 Å². The van der Waals surface area contributed by atoms with Crippen LogP contribution in [-0.4, -0.2) is 47.0 Å². The molecule has 4 heteroatoms. The van der Waals surface area contributed by atoms with Crippen LogP contribution in [0.3, 0.4) is 0 Å². The lowest BCUT2D eigenvalue weighted by molar-refractivity contribution is -0.131. The Kier molecular flexibility index (Phi) is 6.34. The van der Waals surface area contributed by atoms with Gasteiger partial charge < -0.3 is 10.2 Å². The number of likely N-dealkylation sites (tertiary alicyclic amines) is 1. The Morgan fingerprint density at radius 2 is 2.18 bits per heavy atom. The Hall–Kier alpha value is -0.220. The van der Waals surface area contributed by atoms with Gasteiger partial charge in [-0.15, -0.1) is 0 Å². The van der Waals surface area contributed by atoms with E-state index in [0.717, 1.165) is 30.9 Å². The van der Waals surface area contributed by atoms with Crippen molar-refractivity contribution in [3.05, 3.63) is 0 Å². The second-order valence-corrected chi connectivity index (χ2v) is 6.42. The summed E-state index contributed by atoms with van der Waals surface area (Å²) in [6, 6.07) is 0.826. The zero-order valence-electron chi connectivity index (χ0n) is 11.5. The molecular formula is C13H26N2OS. The van der Waals surface area contributed by atoms with Gasteiger partial charge in [-0.25, -0.2) is 0 Å². The standard InChI is InChI=1S/C13H26N2OS/c1-5-17-9-7-11(4)15-8-6-12(13(15)16)14-10(2)3/h10-12,14H,5-9H2,1-4H3. The van der Waals surface area contributed by atoms with Gasteiger partial charge >= 0.3 is 0 Å². The molecule has 1 heterocycles.